The summed E-state index contributed by atoms with van der Waals surface area (Å²) >= 11 is 0. The van der Waals surface area contributed by atoms with Crippen LogP contribution in [0.3, 0.4) is 0 Å². The van der Waals surface area contributed by atoms with Crippen LogP contribution >= 0.6 is 0 Å². The lowest BCUT2D eigenvalue weighted by Crippen LogP contribution is -2.54. The predicted octanol–water partition coefficient (Wildman–Crippen LogP) is 2.30. The number of hydrogen-bond acceptors (Lipinski definition) is 6. The minimum Gasteiger partial charge on any atom is -0.504 e. The zero-order valence-corrected chi connectivity index (χ0v) is 16.1. The molecule has 0 unspecified atom stereocenters. The average molecular weight is 371 g/mol. The largest absolute Gasteiger partial charge is 0.504 e. The highest BCUT2D eigenvalue weighted by molar-refractivity contribution is 5.68. The molecule has 0 amide bonds. The third-order valence-electron chi connectivity index (χ3n) is 6.10. The molecule has 0 aromatic heterocycles. The van der Waals surface area contributed by atoms with Crippen LogP contribution in [0.1, 0.15) is 24.5 Å². The molecule has 1 saturated heterocycles. The Balaban J connectivity index is 1.96. The molecule has 1 fully saturated rings. The van der Waals surface area contributed by atoms with Gasteiger partial charge >= 0.3 is 5.97 Å². The van der Waals surface area contributed by atoms with Gasteiger partial charge < -0.3 is 19.3 Å². The zero-order chi connectivity index (χ0) is 19.3. The number of ether oxygens (including phenoxy) is 3. The number of esters is 1. The number of hydrogen-bond donors (Lipinski definition) is 1. The maximum Gasteiger partial charge on any atom is 0.303 e. The van der Waals surface area contributed by atoms with E-state index in [9.17, 15) is 9.90 Å². The van der Waals surface area contributed by atoms with Crippen LogP contribution in [0.5, 0.6) is 11.5 Å². The van der Waals surface area contributed by atoms with E-state index >= 15 is 0 Å². The van der Waals surface area contributed by atoms with Crippen molar-refractivity contribution in [3.63, 3.8) is 0 Å². The van der Waals surface area contributed by atoms with Crippen LogP contribution in [0.25, 0.3) is 0 Å². The van der Waals surface area contributed by atoms with Crippen LogP contribution in [0.2, 0.25) is 0 Å². The molecule has 144 valence electrons. The number of methoxy groups -OCH3 is 2. The molecular formula is C21H25NO5. The summed E-state index contributed by atoms with van der Waals surface area (Å²) in [5.74, 6) is 0.887. The lowest BCUT2D eigenvalue weighted by Gasteiger charge is -2.53. The first-order valence-electron chi connectivity index (χ1n) is 9.17. The Morgan fingerprint density at radius 2 is 2.07 bits per heavy atom. The lowest BCUT2D eigenvalue weighted by molar-refractivity contribution is -0.144. The Labute approximate surface area is 159 Å². The molecule has 1 N–H and O–H groups in total. The van der Waals surface area contributed by atoms with Gasteiger partial charge in [-0.2, -0.15) is 0 Å². The molecule has 27 heavy (non-hydrogen) atoms. The minimum absolute atomic E-state index is 0.182. The second-order valence-electron chi connectivity index (χ2n) is 7.48. The molecule has 1 aromatic rings. The third kappa shape index (κ3) is 2.54. The Hall–Kier alpha value is -2.47. The number of phenols is 1. The normalized spacial score (nSPS) is 29.0. The first-order chi connectivity index (χ1) is 12.9. The van der Waals surface area contributed by atoms with Crippen molar-refractivity contribution >= 4 is 5.97 Å². The van der Waals surface area contributed by atoms with Gasteiger partial charge in [0, 0.05) is 23.9 Å². The molecule has 1 aromatic carbocycles. The summed E-state index contributed by atoms with van der Waals surface area (Å²) in [6, 6.07) is 4.05. The van der Waals surface area contributed by atoms with Crippen LogP contribution in [-0.4, -0.2) is 55.9 Å². The Kier molecular flexibility index (Phi) is 4.18. The van der Waals surface area contributed by atoms with Crippen LogP contribution in [-0.2, 0) is 26.1 Å². The summed E-state index contributed by atoms with van der Waals surface area (Å²) < 4.78 is 16.5. The summed E-state index contributed by atoms with van der Waals surface area (Å²) in [6.07, 6.45) is 5.09. The molecule has 0 radical (unpaired) electrons. The van der Waals surface area contributed by atoms with Crippen LogP contribution in [0.15, 0.2) is 35.6 Å². The number of benzene rings is 1. The third-order valence-corrected chi connectivity index (χ3v) is 6.10. The van der Waals surface area contributed by atoms with Gasteiger partial charge in [0.05, 0.1) is 14.2 Å². The SMILES string of the molecule is COC1=C[C@]23CCN(C)[C@H](Cc4ccc(OC)c(O)c42)C3=C[C@@H]1OC(C)=O. The van der Waals surface area contributed by atoms with Crippen molar-refractivity contribution in [3.8, 4) is 11.5 Å². The maximum absolute atomic E-state index is 11.6. The average Bonchev–Trinajstić information content (AvgIpc) is 2.64. The molecule has 6 nitrogen and oxygen atoms in total. The highest BCUT2D eigenvalue weighted by Gasteiger charge is 2.52. The monoisotopic (exact) mass is 371 g/mol. The fraction of sp³-hybridized carbons (Fsp3) is 0.476. The number of likely N-dealkylation sites (tertiary alicyclic amines) is 1. The van der Waals surface area contributed by atoms with E-state index < -0.39 is 11.5 Å². The van der Waals surface area contributed by atoms with E-state index in [4.69, 9.17) is 14.2 Å². The number of carbonyl (C=O) groups is 1. The van der Waals surface area contributed by atoms with Gasteiger partial charge in [0.25, 0.3) is 0 Å². The van der Waals surface area contributed by atoms with Gasteiger partial charge in [-0.15, -0.1) is 0 Å². The number of allylic oxidation sites excluding steroid dienone is 1. The smallest absolute Gasteiger partial charge is 0.303 e. The van der Waals surface area contributed by atoms with E-state index in [1.807, 2.05) is 24.3 Å². The number of piperidine rings is 1. The van der Waals surface area contributed by atoms with Crippen molar-refractivity contribution < 1.29 is 24.1 Å². The first kappa shape index (κ1) is 17.9. The zero-order valence-electron chi connectivity index (χ0n) is 16.1. The summed E-state index contributed by atoms with van der Waals surface area (Å²) in [5, 5.41) is 11.0. The second kappa shape index (κ2) is 6.30. The van der Waals surface area contributed by atoms with Crippen molar-refractivity contribution in [3.05, 3.63) is 46.7 Å². The van der Waals surface area contributed by atoms with E-state index in [1.54, 1.807) is 14.2 Å². The number of carbonyl (C=O) groups excluding carboxylic acids is 1. The number of aromatic hydroxyl groups is 1. The Bertz CT molecular complexity index is 858. The summed E-state index contributed by atoms with van der Waals surface area (Å²) in [4.78, 5) is 13.9. The highest BCUT2D eigenvalue weighted by Crippen LogP contribution is 2.56. The van der Waals surface area contributed by atoms with Crippen molar-refractivity contribution in [1.82, 2.24) is 4.90 Å². The topological polar surface area (TPSA) is 68.2 Å². The standard InChI is InChI=1S/C21H25NO5/c1-12(23)27-17-10-14-15-9-13-5-6-16(25-3)20(24)19(13)21(14,7-8-22(15)2)11-18(17)26-4/h5-6,10-11,15,17,24H,7-9H2,1-4H3/t15-,17+,21+/m1/s1. The Morgan fingerprint density at radius 3 is 2.74 bits per heavy atom. The van der Waals surface area contributed by atoms with E-state index in [2.05, 4.69) is 11.9 Å². The molecular weight excluding hydrogens is 346 g/mol. The number of rotatable bonds is 3. The lowest BCUT2D eigenvalue weighted by atomic mass is 9.58. The fourth-order valence-electron chi connectivity index (χ4n) is 4.88. The van der Waals surface area contributed by atoms with Crippen LogP contribution in [0, 0.1) is 0 Å². The molecule has 6 heteroatoms. The van der Waals surface area contributed by atoms with Crippen molar-refractivity contribution in [2.75, 3.05) is 27.8 Å². The summed E-state index contributed by atoms with van der Waals surface area (Å²) in [5.41, 5.74) is 2.66. The number of phenolic OH excluding ortho intramolecular Hbond substituents is 1. The number of nitrogens with zero attached hydrogens (tertiary/aromatic N) is 1. The Morgan fingerprint density at radius 1 is 1.30 bits per heavy atom. The maximum atomic E-state index is 11.6. The van der Waals surface area contributed by atoms with Gasteiger partial charge in [0.1, 0.15) is 5.76 Å². The van der Waals surface area contributed by atoms with Gasteiger partial charge in [-0.1, -0.05) is 6.07 Å². The number of likely N-dealkylation sites (N-methyl/N-ethyl adjacent to an activating group) is 1. The molecule has 3 aliphatic rings. The summed E-state index contributed by atoms with van der Waals surface area (Å²) in [7, 11) is 5.25. The molecule has 0 spiro atoms. The quantitative estimate of drug-likeness (QED) is 0.650. The molecule has 2 aliphatic carbocycles. The van der Waals surface area contributed by atoms with Crippen molar-refractivity contribution in [2.24, 2.45) is 0 Å². The van der Waals surface area contributed by atoms with E-state index in [0.29, 0.717) is 11.5 Å². The van der Waals surface area contributed by atoms with Gasteiger partial charge in [0.2, 0.25) is 0 Å². The first-order valence-corrected chi connectivity index (χ1v) is 9.17. The van der Waals surface area contributed by atoms with Gasteiger partial charge in [0.15, 0.2) is 17.6 Å². The molecule has 2 bridgehead atoms. The highest BCUT2D eigenvalue weighted by atomic mass is 16.6. The molecule has 3 atom stereocenters. The fourth-order valence-corrected chi connectivity index (χ4v) is 4.88. The van der Waals surface area contributed by atoms with Gasteiger partial charge in [-0.05, 0) is 55.8 Å². The minimum atomic E-state index is -0.543. The molecule has 4 rings (SSSR count). The second-order valence-corrected chi connectivity index (χ2v) is 7.48. The van der Waals surface area contributed by atoms with Crippen molar-refractivity contribution in [2.45, 2.75) is 37.3 Å². The van der Waals surface area contributed by atoms with Crippen LogP contribution in [0.4, 0.5) is 0 Å². The number of fused-ring (bicyclic) bond motifs is 1. The van der Waals surface area contributed by atoms with Crippen LogP contribution < -0.4 is 4.74 Å². The molecule has 1 heterocycles. The van der Waals surface area contributed by atoms with E-state index in [0.717, 1.165) is 36.1 Å². The predicted molar refractivity (Wildman–Crippen MR) is 99.8 cm³/mol. The molecule has 1 aliphatic heterocycles. The van der Waals surface area contributed by atoms with Gasteiger partial charge in [-0.3, -0.25) is 9.69 Å². The van der Waals surface area contributed by atoms with E-state index in [1.165, 1.54) is 6.92 Å². The molecule has 0 saturated carbocycles. The summed E-state index contributed by atoms with van der Waals surface area (Å²) in [6.45, 7) is 2.29. The van der Waals surface area contributed by atoms with Crippen molar-refractivity contribution in [1.29, 1.82) is 0 Å². The van der Waals surface area contributed by atoms with Gasteiger partial charge in [-0.25, -0.2) is 0 Å². The van der Waals surface area contributed by atoms with E-state index in [-0.39, 0.29) is 17.8 Å².